The molecule has 0 aliphatic rings. The fourth-order valence-corrected chi connectivity index (χ4v) is 4.74. The number of hydrogen-bond donors (Lipinski definition) is 1. The number of phenols is 1. The Morgan fingerprint density at radius 1 is 0.912 bits per heavy atom. The van der Waals surface area contributed by atoms with Crippen molar-refractivity contribution in [3.63, 3.8) is 0 Å². The second-order valence-corrected chi connectivity index (χ2v) is 9.65. The molecule has 0 fully saturated rings. The lowest BCUT2D eigenvalue weighted by atomic mass is 10.0. The minimum absolute atomic E-state index is 0.0634. The van der Waals surface area contributed by atoms with Gasteiger partial charge in [-0.15, -0.1) is 0 Å². The normalized spacial score (nSPS) is 11.1. The Morgan fingerprint density at radius 3 is 2.03 bits per heavy atom. The van der Waals surface area contributed by atoms with E-state index < -0.39 is 15.8 Å². The molecule has 0 atom stereocenters. The predicted molar refractivity (Wildman–Crippen MR) is 126 cm³/mol. The molecule has 178 valence electrons. The Morgan fingerprint density at radius 2 is 1.50 bits per heavy atom. The van der Waals surface area contributed by atoms with Crippen LogP contribution in [0.4, 0.5) is 0 Å². The molecule has 34 heavy (non-hydrogen) atoms. The van der Waals surface area contributed by atoms with E-state index in [1.807, 2.05) is 6.92 Å². The van der Waals surface area contributed by atoms with Gasteiger partial charge in [0.1, 0.15) is 18.1 Å². The summed E-state index contributed by atoms with van der Waals surface area (Å²) in [5, 5.41) is 10.5. The van der Waals surface area contributed by atoms with Gasteiger partial charge in [0, 0.05) is 5.56 Å². The maximum atomic E-state index is 12.9. The number of benzene rings is 3. The minimum Gasteiger partial charge on any atom is -0.507 e. The maximum Gasteiger partial charge on any atom is 0.337 e. The monoisotopic (exact) mass is 482 g/mol. The number of ketones is 1. The minimum atomic E-state index is -3.76. The van der Waals surface area contributed by atoms with Gasteiger partial charge >= 0.3 is 5.97 Å². The molecule has 0 amide bonds. The Kier molecular flexibility index (Phi) is 7.73. The van der Waals surface area contributed by atoms with E-state index in [9.17, 15) is 23.1 Å². The van der Waals surface area contributed by atoms with Gasteiger partial charge in [-0.3, -0.25) is 4.79 Å². The lowest BCUT2D eigenvalue weighted by Gasteiger charge is -2.15. The predicted octanol–water partition coefficient (Wildman–Crippen LogP) is 4.75. The summed E-state index contributed by atoms with van der Waals surface area (Å²) < 4.78 is 36.3. The molecular formula is C26H26O7S. The van der Waals surface area contributed by atoms with Crippen molar-refractivity contribution in [2.24, 2.45) is 0 Å². The van der Waals surface area contributed by atoms with Crippen LogP contribution in [0.25, 0.3) is 0 Å². The van der Waals surface area contributed by atoms with Gasteiger partial charge in [0.05, 0.1) is 28.0 Å². The van der Waals surface area contributed by atoms with E-state index in [1.54, 1.807) is 18.2 Å². The topological polar surface area (TPSA) is 107 Å². The van der Waals surface area contributed by atoms with Crippen LogP contribution in [0.15, 0.2) is 70.5 Å². The highest BCUT2D eigenvalue weighted by atomic mass is 32.2. The summed E-state index contributed by atoms with van der Waals surface area (Å²) in [6, 6.07) is 15.0. The number of ether oxygens (including phenoxy) is 2. The van der Waals surface area contributed by atoms with Crippen LogP contribution in [-0.4, -0.2) is 32.4 Å². The zero-order valence-electron chi connectivity index (χ0n) is 19.2. The highest BCUT2D eigenvalue weighted by Gasteiger charge is 2.19. The highest BCUT2D eigenvalue weighted by molar-refractivity contribution is 7.91. The van der Waals surface area contributed by atoms with E-state index in [-0.39, 0.29) is 39.1 Å². The van der Waals surface area contributed by atoms with Crippen molar-refractivity contribution in [1.29, 1.82) is 0 Å². The lowest BCUT2D eigenvalue weighted by molar-refractivity contribution is 0.0600. The smallest absolute Gasteiger partial charge is 0.337 e. The van der Waals surface area contributed by atoms with Crippen LogP contribution in [0.5, 0.6) is 11.5 Å². The number of phenolic OH excluding ortho intramolecular Hbond substituents is 1. The molecule has 0 unspecified atom stereocenters. The van der Waals surface area contributed by atoms with Gasteiger partial charge in [0.25, 0.3) is 0 Å². The Hall–Kier alpha value is -3.65. The number of rotatable bonds is 9. The molecule has 3 rings (SSSR count). The van der Waals surface area contributed by atoms with Gasteiger partial charge in [-0.25, -0.2) is 13.2 Å². The first kappa shape index (κ1) is 25.0. The van der Waals surface area contributed by atoms with Crippen LogP contribution in [0.3, 0.4) is 0 Å². The van der Waals surface area contributed by atoms with E-state index in [4.69, 9.17) is 4.74 Å². The van der Waals surface area contributed by atoms with Gasteiger partial charge in [0.15, 0.2) is 5.78 Å². The van der Waals surface area contributed by atoms with Gasteiger partial charge in [-0.2, -0.15) is 0 Å². The number of carbonyl (C=O) groups excluding carboxylic acids is 2. The van der Waals surface area contributed by atoms with Crippen LogP contribution < -0.4 is 4.74 Å². The van der Waals surface area contributed by atoms with Gasteiger partial charge < -0.3 is 14.6 Å². The molecule has 0 saturated heterocycles. The van der Waals surface area contributed by atoms with E-state index in [2.05, 4.69) is 4.74 Å². The quantitative estimate of drug-likeness (QED) is 0.347. The van der Waals surface area contributed by atoms with Crippen molar-refractivity contribution in [3.8, 4) is 11.5 Å². The van der Waals surface area contributed by atoms with Gasteiger partial charge in [-0.05, 0) is 67.4 Å². The number of sulfone groups is 1. The van der Waals surface area contributed by atoms with Crippen molar-refractivity contribution in [2.45, 2.75) is 43.1 Å². The molecular weight excluding hydrogens is 456 g/mol. The molecule has 1 N–H and O–H groups in total. The van der Waals surface area contributed by atoms with E-state index in [1.165, 1.54) is 56.5 Å². The number of carbonyl (C=O) groups is 2. The Labute approximate surface area is 198 Å². The van der Waals surface area contributed by atoms with Crippen LogP contribution >= 0.6 is 0 Å². The second kappa shape index (κ2) is 10.5. The zero-order chi connectivity index (χ0) is 24.9. The number of methoxy groups -OCH3 is 1. The van der Waals surface area contributed by atoms with Crippen LogP contribution in [0.1, 0.15) is 52.1 Å². The molecule has 0 saturated carbocycles. The first-order valence-electron chi connectivity index (χ1n) is 10.7. The molecule has 0 spiro atoms. The lowest BCUT2D eigenvalue weighted by Crippen LogP contribution is -2.05. The molecule has 8 heteroatoms. The summed E-state index contributed by atoms with van der Waals surface area (Å²) in [7, 11) is -2.51. The third-order valence-corrected chi connectivity index (χ3v) is 7.12. The first-order valence-corrected chi connectivity index (χ1v) is 12.2. The summed E-state index contributed by atoms with van der Waals surface area (Å²) in [5.41, 5.74) is 1.83. The molecule has 0 heterocycles. The second-order valence-electron chi connectivity index (χ2n) is 7.70. The third-order valence-electron chi connectivity index (χ3n) is 5.33. The zero-order valence-corrected chi connectivity index (χ0v) is 20.0. The average Bonchev–Trinajstić information content (AvgIpc) is 2.84. The van der Waals surface area contributed by atoms with E-state index >= 15 is 0 Å². The average molecular weight is 483 g/mol. The van der Waals surface area contributed by atoms with Crippen molar-refractivity contribution in [3.05, 3.63) is 82.9 Å². The number of aromatic hydroxyl groups is 1. The van der Waals surface area contributed by atoms with Crippen LogP contribution in [0, 0.1) is 0 Å². The standard InChI is InChI=1S/C26H26O7S/c1-4-5-23-24(15-14-22(17(2)27)25(23)28)33-16-18-6-10-20(11-7-18)34(30,31)21-12-8-19(9-13-21)26(29)32-3/h6-15,28H,4-5,16H2,1-3H3. The molecule has 0 bridgehead atoms. The van der Waals surface area contributed by atoms with Crippen molar-refractivity contribution < 1.29 is 32.6 Å². The molecule has 3 aromatic carbocycles. The molecule has 0 aliphatic heterocycles. The summed E-state index contributed by atoms with van der Waals surface area (Å²) >= 11 is 0. The van der Waals surface area contributed by atoms with Gasteiger partial charge in [-0.1, -0.05) is 25.5 Å². The maximum absolute atomic E-state index is 12.9. The van der Waals surface area contributed by atoms with Crippen molar-refractivity contribution in [2.75, 3.05) is 7.11 Å². The summed E-state index contributed by atoms with van der Waals surface area (Å²) in [5.74, 6) is -0.351. The van der Waals surface area contributed by atoms with E-state index in [0.29, 0.717) is 17.7 Å². The molecule has 0 radical (unpaired) electrons. The van der Waals surface area contributed by atoms with Crippen LogP contribution in [-0.2, 0) is 27.6 Å². The Bertz CT molecular complexity index is 1290. The summed E-state index contributed by atoms with van der Waals surface area (Å²) in [4.78, 5) is 23.4. The summed E-state index contributed by atoms with van der Waals surface area (Å²) in [6.45, 7) is 3.52. The fourth-order valence-electron chi connectivity index (χ4n) is 3.48. The van der Waals surface area contributed by atoms with Crippen LogP contribution in [0.2, 0.25) is 0 Å². The molecule has 0 aliphatic carbocycles. The number of Topliss-reactive ketones (excluding diaryl/α,β-unsaturated/α-hetero) is 1. The SMILES string of the molecule is CCCc1c(OCc2ccc(S(=O)(=O)c3ccc(C(=O)OC)cc3)cc2)ccc(C(C)=O)c1O. The Balaban J connectivity index is 1.77. The number of hydrogen-bond acceptors (Lipinski definition) is 7. The van der Waals surface area contributed by atoms with E-state index in [0.717, 1.165) is 12.0 Å². The van der Waals surface area contributed by atoms with Crippen molar-refractivity contribution in [1.82, 2.24) is 0 Å². The number of esters is 1. The largest absolute Gasteiger partial charge is 0.507 e. The third kappa shape index (κ3) is 5.28. The molecule has 0 aromatic heterocycles. The summed E-state index contributed by atoms with van der Waals surface area (Å²) in [6.07, 6.45) is 1.31. The highest BCUT2D eigenvalue weighted by Crippen LogP contribution is 2.33. The molecule has 3 aromatic rings. The molecule has 7 nitrogen and oxygen atoms in total. The van der Waals surface area contributed by atoms with Gasteiger partial charge in [0.2, 0.25) is 9.84 Å². The first-order chi connectivity index (χ1) is 16.2. The fraction of sp³-hybridized carbons (Fsp3) is 0.231. The van der Waals surface area contributed by atoms with Crippen molar-refractivity contribution >= 4 is 21.6 Å².